The van der Waals surface area contributed by atoms with Gasteiger partial charge in [-0.25, -0.2) is 0 Å². The van der Waals surface area contributed by atoms with Gasteiger partial charge in [0.05, 0.1) is 25.4 Å². The minimum absolute atomic E-state index is 0.349. The van der Waals surface area contributed by atoms with Gasteiger partial charge in [-0.2, -0.15) is 0 Å². The average Bonchev–Trinajstić information content (AvgIpc) is 2.75. The average molecular weight is 186 g/mol. The molecular weight excluding hydrogens is 168 g/mol. The molecular formula is C10H18O3. The first-order valence-corrected chi connectivity index (χ1v) is 5.26. The van der Waals surface area contributed by atoms with Crippen molar-refractivity contribution in [1.29, 1.82) is 0 Å². The van der Waals surface area contributed by atoms with Crippen LogP contribution in [0, 0.1) is 0 Å². The van der Waals surface area contributed by atoms with E-state index in [1.165, 1.54) is 12.8 Å². The Morgan fingerprint density at radius 1 is 0.923 bits per heavy atom. The molecule has 2 atom stereocenters. The minimum atomic E-state index is 0.349. The van der Waals surface area contributed by atoms with E-state index in [0.717, 1.165) is 39.3 Å². The van der Waals surface area contributed by atoms with Crippen LogP contribution in [0.3, 0.4) is 0 Å². The molecule has 0 aromatic heterocycles. The van der Waals surface area contributed by atoms with Gasteiger partial charge < -0.3 is 14.2 Å². The van der Waals surface area contributed by atoms with E-state index in [1.54, 1.807) is 0 Å². The Bertz CT molecular complexity index is 121. The molecule has 76 valence electrons. The van der Waals surface area contributed by atoms with Crippen molar-refractivity contribution in [3.05, 3.63) is 0 Å². The maximum absolute atomic E-state index is 5.55. The zero-order valence-electron chi connectivity index (χ0n) is 8.04. The standard InChI is InChI=1S/C10H18O3/c1-3-9(12-5-1)7-11-8-10-4-2-6-13-10/h9-10H,1-8H2. The summed E-state index contributed by atoms with van der Waals surface area (Å²) in [4.78, 5) is 0. The molecule has 0 radical (unpaired) electrons. The normalized spacial score (nSPS) is 34.2. The zero-order chi connectivity index (χ0) is 8.93. The molecule has 2 fully saturated rings. The van der Waals surface area contributed by atoms with Crippen LogP contribution in [-0.4, -0.2) is 38.6 Å². The SMILES string of the molecule is C1COC(COCC2CCCO2)C1. The lowest BCUT2D eigenvalue weighted by Crippen LogP contribution is -2.20. The molecule has 0 amide bonds. The second-order valence-corrected chi connectivity index (χ2v) is 3.81. The van der Waals surface area contributed by atoms with Gasteiger partial charge in [-0.3, -0.25) is 0 Å². The summed E-state index contributed by atoms with van der Waals surface area (Å²) in [6.07, 6.45) is 5.39. The van der Waals surface area contributed by atoms with Gasteiger partial charge in [0.1, 0.15) is 0 Å². The molecule has 0 bridgehead atoms. The van der Waals surface area contributed by atoms with E-state index < -0.39 is 0 Å². The summed E-state index contributed by atoms with van der Waals surface area (Å²) >= 11 is 0. The third kappa shape index (κ3) is 2.93. The summed E-state index contributed by atoms with van der Waals surface area (Å²) in [6, 6.07) is 0. The van der Waals surface area contributed by atoms with Crippen LogP contribution in [0.2, 0.25) is 0 Å². The Morgan fingerprint density at radius 2 is 1.46 bits per heavy atom. The molecule has 2 heterocycles. The predicted molar refractivity (Wildman–Crippen MR) is 48.8 cm³/mol. The van der Waals surface area contributed by atoms with Crippen molar-refractivity contribution in [2.45, 2.75) is 37.9 Å². The summed E-state index contributed by atoms with van der Waals surface area (Å²) in [7, 11) is 0. The van der Waals surface area contributed by atoms with E-state index in [-0.39, 0.29) is 0 Å². The topological polar surface area (TPSA) is 27.7 Å². The Balaban J connectivity index is 1.52. The van der Waals surface area contributed by atoms with Gasteiger partial charge in [0.15, 0.2) is 0 Å². The Labute approximate surface area is 79.4 Å². The van der Waals surface area contributed by atoms with E-state index in [2.05, 4.69) is 0 Å². The first kappa shape index (κ1) is 9.44. The molecule has 0 saturated carbocycles. The summed E-state index contributed by atoms with van der Waals surface area (Å²) in [6.45, 7) is 3.32. The number of hydrogen-bond acceptors (Lipinski definition) is 3. The van der Waals surface area contributed by atoms with Gasteiger partial charge in [-0.1, -0.05) is 0 Å². The Hall–Kier alpha value is -0.120. The summed E-state index contributed by atoms with van der Waals surface area (Å²) in [5.74, 6) is 0. The van der Waals surface area contributed by atoms with Gasteiger partial charge >= 0.3 is 0 Å². The zero-order valence-corrected chi connectivity index (χ0v) is 8.04. The maximum Gasteiger partial charge on any atom is 0.0809 e. The quantitative estimate of drug-likeness (QED) is 0.663. The van der Waals surface area contributed by atoms with Gasteiger partial charge in [-0.15, -0.1) is 0 Å². The van der Waals surface area contributed by atoms with E-state index in [0.29, 0.717) is 12.2 Å². The van der Waals surface area contributed by atoms with Crippen LogP contribution >= 0.6 is 0 Å². The third-order valence-electron chi connectivity index (χ3n) is 2.66. The van der Waals surface area contributed by atoms with Crippen LogP contribution in [-0.2, 0) is 14.2 Å². The summed E-state index contributed by atoms with van der Waals surface area (Å²) < 4.78 is 16.5. The van der Waals surface area contributed by atoms with Crippen molar-refractivity contribution < 1.29 is 14.2 Å². The van der Waals surface area contributed by atoms with Gasteiger partial charge in [0, 0.05) is 13.2 Å². The van der Waals surface area contributed by atoms with Gasteiger partial charge in [0.25, 0.3) is 0 Å². The van der Waals surface area contributed by atoms with Gasteiger partial charge in [-0.05, 0) is 25.7 Å². The first-order chi connectivity index (χ1) is 6.45. The summed E-state index contributed by atoms with van der Waals surface area (Å²) in [5.41, 5.74) is 0. The number of rotatable bonds is 4. The van der Waals surface area contributed by atoms with E-state index in [1.807, 2.05) is 0 Å². The highest BCUT2D eigenvalue weighted by Gasteiger charge is 2.18. The number of ether oxygens (including phenoxy) is 3. The fourth-order valence-electron chi connectivity index (χ4n) is 1.88. The highest BCUT2D eigenvalue weighted by atomic mass is 16.6. The maximum atomic E-state index is 5.55. The highest BCUT2D eigenvalue weighted by molar-refractivity contribution is 4.66. The molecule has 0 spiro atoms. The molecule has 3 heteroatoms. The molecule has 0 aromatic carbocycles. The lowest BCUT2D eigenvalue weighted by molar-refractivity contribution is -0.0245. The van der Waals surface area contributed by atoms with Crippen LogP contribution in [0.15, 0.2) is 0 Å². The smallest absolute Gasteiger partial charge is 0.0809 e. The van der Waals surface area contributed by atoms with Crippen molar-refractivity contribution in [3.8, 4) is 0 Å². The second-order valence-electron chi connectivity index (χ2n) is 3.81. The van der Waals surface area contributed by atoms with Crippen molar-refractivity contribution in [1.82, 2.24) is 0 Å². The lowest BCUT2D eigenvalue weighted by atomic mass is 10.2. The molecule has 2 aliphatic heterocycles. The Morgan fingerprint density at radius 3 is 1.85 bits per heavy atom. The molecule has 2 unspecified atom stereocenters. The van der Waals surface area contributed by atoms with Crippen LogP contribution in [0.4, 0.5) is 0 Å². The minimum Gasteiger partial charge on any atom is -0.376 e. The molecule has 2 aliphatic rings. The lowest BCUT2D eigenvalue weighted by Gasteiger charge is -2.13. The van der Waals surface area contributed by atoms with Crippen LogP contribution < -0.4 is 0 Å². The van der Waals surface area contributed by atoms with Crippen LogP contribution in [0.1, 0.15) is 25.7 Å². The molecule has 0 aliphatic carbocycles. The van der Waals surface area contributed by atoms with Crippen molar-refractivity contribution >= 4 is 0 Å². The molecule has 0 N–H and O–H groups in total. The summed E-state index contributed by atoms with van der Waals surface area (Å²) in [5, 5.41) is 0. The monoisotopic (exact) mass is 186 g/mol. The first-order valence-electron chi connectivity index (χ1n) is 5.26. The van der Waals surface area contributed by atoms with E-state index >= 15 is 0 Å². The molecule has 13 heavy (non-hydrogen) atoms. The van der Waals surface area contributed by atoms with E-state index in [9.17, 15) is 0 Å². The van der Waals surface area contributed by atoms with Crippen LogP contribution in [0.5, 0.6) is 0 Å². The Kier molecular flexibility index (Phi) is 3.58. The fraction of sp³-hybridized carbons (Fsp3) is 1.00. The highest BCUT2D eigenvalue weighted by Crippen LogP contribution is 2.14. The molecule has 0 aromatic rings. The van der Waals surface area contributed by atoms with Gasteiger partial charge in [0.2, 0.25) is 0 Å². The fourth-order valence-corrected chi connectivity index (χ4v) is 1.88. The largest absolute Gasteiger partial charge is 0.376 e. The van der Waals surface area contributed by atoms with Crippen molar-refractivity contribution in [2.75, 3.05) is 26.4 Å². The molecule has 2 saturated heterocycles. The van der Waals surface area contributed by atoms with Crippen molar-refractivity contribution in [2.24, 2.45) is 0 Å². The predicted octanol–water partition coefficient (Wildman–Crippen LogP) is 1.36. The molecule has 2 rings (SSSR count). The molecule has 3 nitrogen and oxygen atoms in total. The number of hydrogen-bond donors (Lipinski definition) is 0. The van der Waals surface area contributed by atoms with E-state index in [4.69, 9.17) is 14.2 Å². The third-order valence-corrected chi connectivity index (χ3v) is 2.66. The second kappa shape index (κ2) is 4.94. The van der Waals surface area contributed by atoms with Crippen LogP contribution in [0.25, 0.3) is 0 Å². The van der Waals surface area contributed by atoms with Crippen molar-refractivity contribution in [3.63, 3.8) is 0 Å².